The first-order valence-electron chi connectivity index (χ1n) is 7.30. The standard InChI is InChI=1S/C16H17F3N2O2/c1-9-10(2)20-13-4-3-11(7-12(9)13)14(22)21-6-5-15(23,8-21)16(17,18)19/h3-4,7,20,23H,5-6,8H2,1-2H3/t15-/m1/s1. The van der Waals surface area contributed by atoms with Crippen LogP contribution in [0.15, 0.2) is 18.2 Å². The molecule has 1 aliphatic heterocycles. The van der Waals surface area contributed by atoms with E-state index in [1.165, 1.54) is 0 Å². The molecule has 0 bridgehead atoms. The minimum absolute atomic E-state index is 0.113. The number of fused-ring (bicyclic) bond motifs is 1. The van der Waals surface area contributed by atoms with Crippen LogP contribution in [0.25, 0.3) is 10.9 Å². The molecule has 4 nitrogen and oxygen atoms in total. The van der Waals surface area contributed by atoms with Crippen LogP contribution in [0.5, 0.6) is 0 Å². The lowest BCUT2D eigenvalue weighted by atomic mass is 10.0. The monoisotopic (exact) mass is 326 g/mol. The van der Waals surface area contributed by atoms with Gasteiger partial charge in [-0.25, -0.2) is 0 Å². The van der Waals surface area contributed by atoms with E-state index in [9.17, 15) is 23.1 Å². The van der Waals surface area contributed by atoms with Gasteiger partial charge < -0.3 is 15.0 Å². The van der Waals surface area contributed by atoms with Gasteiger partial charge in [-0.05, 0) is 37.6 Å². The minimum atomic E-state index is -4.74. The van der Waals surface area contributed by atoms with Crippen molar-refractivity contribution >= 4 is 16.8 Å². The first-order valence-corrected chi connectivity index (χ1v) is 7.30. The highest BCUT2D eigenvalue weighted by molar-refractivity contribution is 5.99. The van der Waals surface area contributed by atoms with Gasteiger partial charge in [-0.2, -0.15) is 13.2 Å². The third kappa shape index (κ3) is 2.49. The number of halogens is 3. The van der Waals surface area contributed by atoms with Gasteiger partial charge >= 0.3 is 6.18 Å². The van der Waals surface area contributed by atoms with Crippen LogP contribution in [0.1, 0.15) is 28.0 Å². The topological polar surface area (TPSA) is 56.3 Å². The Morgan fingerprint density at radius 3 is 2.65 bits per heavy atom. The van der Waals surface area contributed by atoms with Gasteiger partial charge in [-0.3, -0.25) is 4.79 Å². The van der Waals surface area contributed by atoms with Crippen LogP contribution in [0.2, 0.25) is 0 Å². The summed E-state index contributed by atoms with van der Waals surface area (Å²) in [7, 11) is 0. The lowest BCUT2D eigenvalue weighted by Crippen LogP contribution is -2.48. The molecule has 2 aromatic rings. The number of β-amino-alcohol motifs (C(OH)–C–C–N with tert-alkyl or cyclic N) is 1. The van der Waals surface area contributed by atoms with Gasteiger partial charge in [0.2, 0.25) is 0 Å². The maximum absolute atomic E-state index is 12.9. The van der Waals surface area contributed by atoms with Gasteiger partial charge in [-0.15, -0.1) is 0 Å². The number of likely N-dealkylation sites (tertiary alicyclic amines) is 1. The molecule has 0 radical (unpaired) electrons. The lowest BCUT2D eigenvalue weighted by Gasteiger charge is -2.25. The summed E-state index contributed by atoms with van der Waals surface area (Å²) in [5.41, 5.74) is 0.378. The predicted molar refractivity (Wildman–Crippen MR) is 79.3 cm³/mol. The fraction of sp³-hybridized carbons (Fsp3) is 0.438. The van der Waals surface area contributed by atoms with Crippen LogP contribution in [-0.2, 0) is 0 Å². The van der Waals surface area contributed by atoms with E-state index >= 15 is 0 Å². The van der Waals surface area contributed by atoms with Crippen LogP contribution < -0.4 is 0 Å². The first-order chi connectivity index (χ1) is 10.6. The molecule has 1 amide bonds. The molecular formula is C16H17F3N2O2. The first kappa shape index (κ1) is 15.9. The lowest BCUT2D eigenvalue weighted by molar-refractivity contribution is -0.253. The Labute approximate surface area is 130 Å². The second kappa shape index (κ2) is 4.99. The molecule has 1 aromatic heterocycles. The van der Waals surface area contributed by atoms with E-state index in [1.54, 1.807) is 18.2 Å². The SMILES string of the molecule is Cc1[nH]c2ccc(C(=O)N3CC[C@](O)(C(F)(F)F)C3)cc2c1C. The van der Waals surface area contributed by atoms with Crippen molar-refractivity contribution in [3.63, 3.8) is 0 Å². The molecule has 1 aromatic carbocycles. The number of nitrogens with zero attached hydrogens (tertiary/aromatic N) is 1. The van der Waals surface area contributed by atoms with E-state index in [0.717, 1.165) is 27.1 Å². The summed E-state index contributed by atoms with van der Waals surface area (Å²) in [4.78, 5) is 16.7. The average Bonchev–Trinajstić information content (AvgIpc) is 3.01. The third-order valence-electron chi connectivity index (χ3n) is 4.62. The Hall–Kier alpha value is -2.02. The Morgan fingerprint density at radius 2 is 2.04 bits per heavy atom. The molecule has 0 spiro atoms. The van der Waals surface area contributed by atoms with Gasteiger partial charge in [0.1, 0.15) is 0 Å². The second-order valence-corrected chi connectivity index (χ2v) is 6.14. The molecule has 1 aliphatic rings. The highest BCUT2D eigenvalue weighted by atomic mass is 19.4. The van der Waals surface area contributed by atoms with E-state index in [4.69, 9.17) is 0 Å². The molecule has 2 heterocycles. The number of rotatable bonds is 1. The van der Waals surface area contributed by atoms with E-state index in [0.29, 0.717) is 5.56 Å². The summed E-state index contributed by atoms with van der Waals surface area (Å²) in [6.07, 6.45) is -5.23. The number of alkyl halides is 3. The van der Waals surface area contributed by atoms with Gasteiger partial charge in [0.25, 0.3) is 5.91 Å². The molecule has 23 heavy (non-hydrogen) atoms. The molecule has 3 rings (SSSR count). The summed E-state index contributed by atoms with van der Waals surface area (Å²) in [5, 5.41) is 10.6. The molecule has 7 heteroatoms. The van der Waals surface area contributed by atoms with Crippen LogP contribution in [0.4, 0.5) is 13.2 Å². The van der Waals surface area contributed by atoms with Crippen molar-refractivity contribution in [1.29, 1.82) is 0 Å². The zero-order valence-corrected chi connectivity index (χ0v) is 12.8. The number of carbonyl (C=O) groups excluding carboxylic acids is 1. The Balaban J connectivity index is 1.88. The zero-order chi connectivity index (χ0) is 17.0. The maximum Gasteiger partial charge on any atom is 0.419 e. The van der Waals surface area contributed by atoms with Crippen molar-refractivity contribution in [3.05, 3.63) is 35.0 Å². The number of hydrogen-bond donors (Lipinski definition) is 2. The number of amides is 1. The van der Waals surface area contributed by atoms with Crippen LogP contribution in [0.3, 0.4) is 0 Å². The van der Waals surface area contributed by atoms with Gasteiger partial charge in [-0.1, -0.05) is 0 Å². The number of aryl methyl sites for hydroxylation is 2. The molecule has 1 fully saturated rings. The summed E-state index contributed by atoms with van der Waals surface area (Å²) in [5.74, 6) is -0.495. The fourth-order valence-corrected chi connectivity index (χ4v) is 2.98. The molecule has 0 unspecified atom stereocenters. The summed E-state index contributed by atoms with van der Waals surface area (Å²) in [6.45, 7) is 3.00. The van der Waals surface area contributed by atoms with Crippen molar-refractivity contribution in [2.45, 2.75) is 32.0 Å². The van der Waals surface area contributed by atoms with Crippen LogP contribution >= 0.6 is 0 Å². The molecule has 1 saturated heterocycles. The number of aromatic nitrogens is 1. The molecule has 1 atom stereocenters. The second-order valence-electron chi connectivity index (χ2n) is 6.14. The number of carbonyl (C=O) groups is 1. The van der Waals surface area contributed by atoms with Crippen molar-refractivity contribution in [2.75, 3.05) is 13.1 Å². The van der Waals surface area contributed by atoms with Gasteiger partial charge in [0.15, 0.2) is 5.60 Å². The normalized spacial score (nSPS) is 22.1. The number of aromatic amines is 1. The maximum atomic E-state index is 12.9. The predicted octanol–water partition coefficient (Wildman–Crippen LogP) is 2.92. The van der Waals surface area contributed by atoms with E-state index in [1.807, 2.05) is 13.8 Å². The van der Waals surface area contributed by atoms with E-state index in [-0.39, 0.29) is 6.54 Å². The number of hydrogen-bond acceptors (Lipinski definition) is 2. The molecule has 124 valence electrons. The molecule has 0 saturated carbocycles. The Bertz CT molecular complexity index is 781. The molecular weight excluding hydrogens is 309 g/mol. The Kier molecular flexibility index (Phi) is 3.44. The summed E-state index contributed by atoms with van der Waals surface area (Å²) >= 11 is 0. The highest BCUT2D eigenvalue weighted by Crippen LogP contribution is 2.38. The number of benzene rings is 1. The summed E-state index contributed by atoms with van der Waals surface area (Å²) in [6, 6.07) is 5.01. The molecule has 0 aliphatic carbocycles. The highest BCUT2D eigenvalue weighted by Gasteiger charge is 2.57. The number of aliphatic hydroxyl groups is 1. The van der Waals surface area contributed by atoms with Gasteiger partial charge in [0, 0.05) is 35.1 Å². The van der Waals surface area contributed by atoms with E-state index < -0.39 is 30.7 Å². The zero-order valence-electron chi connectivity index (χ0n) is 12.8. The molecule has 2 N–H and O–H groups in total. The van der Waals surface area contributed by atoms with Crippen molar-refractivity contribution in [3.8, 4) is 0 Å². The van der Waals surface area contributed by atoms with Crippen LogP contribution in [0, 0.1) is 13.8 Å². The average molecular weight is 326 g/mol. The van der Waals surface area contributed by atoms with Crippen LogP contribution in [-0.4, -0.2) is 45.8 Å². The van der Waals surface area contributed by atoms with E-state index in [2.05, 4.69) is 4.98 Å². The quantitative estimate of drug-likeness (QED) is 0.846. The summed E-state index contributed by atoms with van der Waals surface area (Å²) < 4.78 is 38.6. The minimum Gasteiger partial charge on any atom is -0.379 e. The largest absolute Gasteiger partial charge is 0.419 e. The number of nitrogens with one attached hydrogen (secondary N) is 1. The fourth-order valence-electron chi connectivity index (χ4n) is 2.98. The Morgan fingerprint density at radius 1 is 1.35 bits per heavy atom. The number of H-pyrrole nitrogens is 1. The smallest absolute Gasteiger partial charge is 0.379 e. The van der Waals surface area contributed by atoms with Crippen molar-refractivity contribution < 1.29 is 23.1 Å². The van der Waals surface area contributed by atoms with Crippen molar-refractivity contribution in [2.24, 2.45) is 0 Å². The third-order valence-corrected chi connectivity index (χ3v) is 4.62. The van der Waals surface area contributed by atoms with Crippen molar-refractivity contribution in [1.82, 2.24) is 9.88 Å². The van der Waals surface area contributed by atoms with Gasteiger partial charge in [0.05, 0.1) is 6.54 Å².